The molecule has 0 aliphatic carbocycles. The Morgan fingerprint density at radius 1 is 1.39 bits per heavy atom. The first kappa shape index (κ1) is 14.5. The molecule has 1 aromatic rings. The van der Waals surface area contributed by atoms with Crippen molar-refractivity contribution in [3.05, 3.63) is 29.8 Å². The first-order valence-electron chi connectivity index (χ1n) is 5.55. The number of hydrogen-bond acceptors (Lipinski definition) is 4. The molecule has 100 valence electrons. The molecule has 0 bridgehead atoms. The average Bonchev–Trinajstić information content (AvgIpc) is 2.36. The Bertz CT molecular complexity index is 526. The minimum Gasteiger partial charge on any atom is -0.411 e. The smallest absolute Gasteiger partial charge is 0.299 e. The van der Waals surface area contributed by atoms with Gasteiger partial charge in [0.15, 0.2) is 0 Å². The van der Waals surface area contributed by atoms with Crippen LogP contribution in [0.25, 0.3) is 0 Å². The molecule has 0 heterocycles. The van der Waals surface area contributed by atoms with Gasteiger partial charge in [-0.15, -0.1) is 0 Å². The zero-order valence-electron chi connectivity index (χ0n) is 10.3. The standard InChI is InChI=1S/C11H17N3O3S/c1-3-8-12-18(16,17)14-11-7-5-4-6-10(11)9(2)13-15/h4-7,12,14-15H,3,8H2,1-2H3/b13-9+. The lowest BCUT2D eigenvalue weighted by Crippen LogP contribution is -2.31. The fourth-order valence-electron chi connectivity index (χ4n) is 1.36. The topological polar surface area (TPSA) is 90.8 Å². The molecule has 0 radical (unpaired) electrons. The zero-order valence-corrected chi connectivity index (χ0v) is 11.2. The van der Waals surface area contributed by atoms with Crippen LogP contribution >= 0.6 is 0 Å². The molecule has 0 saturated heterocycles. The van der Waals surface area contributed by atoms with Crippen molar-refractivity contribution in [1.82, 2.24) is 4.72 Å². The molecule has 0 unspecified atom stereocenters. The Morgan fingerprint density at radius 2 is 2.06 bits per heavy atom. The Kier molecular flexibility index (Phi) is 5.11. The van der Waals surface area contributed by atoms with Crippen LogP contribution in [0, 0.1) is 0 Å². The Balaban J connectivity index is 2.98. The maximum atomic E-state index is 11.7. The van der Waals surface area contributed by atoms with Crippen molar-refractivity contribution < 1.29 is 13.6 Å². The van der Waals surface area contributed by atoms with E-state index in [4.69, 9.17) is 5.21 Å². The summed E-state index contributed by atoms with van der Waals surface area (Å²) in [5.74, 6) is 0. The summed E-state index contributed by atoms with van der Waals surface area (Å²) in [5.41, 5.74) is 1.24. The largest absolute Gasteiger partial charge is 0.411 e. The maximum absolute atomic E-state index is 11.7. The molecule has 0 spiro atoms. The second kappa shape index (κ2) is 6.36. The van der Waals surface area contributed by atoms with E-state index in [1.807, 2.05) is 6.92 Å². The summed E-state index contributed by atoms with van der Waals surface area (Å²) >= 11 is 0. The molecular formula is C11H17N3O3S. The van der Waals surface area contributed by atoms with Crippen molar-refractivity contribution in [3.63, 3.8) is 0 Å². The van der Waals surface area contributed by atoms with Gasteiger partial charge in [0.2, 0.25) is 0 Å². The van der Waals surface area contributed by atoms with Crippen LogP contribution < -0.4 is 9.44 Å². The Morgan fingerprint density at radius 3 is 2.67 bits per heavy atom. The van der Waals surface area contributed by atoms with Crippen LogP contribution in [0.3, 0.4) is 0 Å². The molecule has 1 aromatic carbocycles. The molecule has 7 heteroatoms. The Labute approximate surface area is 107 Å². The van der Waals surface area contributed by atoms with Gasteiger partial charge in [-0.1, -0.05) is 30.3 Å². The van der Waals surface area contributed by atoms with E-state index in [1.54, 1.807) is 31.2 Å². The molecule has 0 aliphatic rings. The predicted octanol–water partition coefficient (Wildman–Crippen LogP) is 1.54. The summed E-state index contributed by atoms with van der Waals surface area (Å²) < 4.78 is 28.2. The summed E-state index contributed by atoms with van der Waals surface area (Å²) in [6.07, 6.45) is 0.708. The molecule has 0 fully saturated rings. The monoisotopic (exact) mass is 271 g/mol. The fraction of sp³-hybridized carbons (Fsp3) is 0.364. The highest BCUT2D eigenvalue weighted by Crippen LogP contribution is 2.17. The number of anilines is 1. The minimum atomic E-state index is -3.60. The molecule has 0 atom stereocenters. The van der Waals surface area contributed by atoms with Gasteiger partial charge in [-0.2, -0.15) is 13.1 Å². The van der Waals surface area contributed by atoms with Gasteiger partial charge in [-0.3, -0.25) is 4.72 Å². The van der Waals surface area contributed by atoms with Crippen LogP contribution in [0.2, 0.25) is 0 Å². The minimum absolute atomic E-state index is 0.337. The van der Waals surface area contributed by atoms with Crippen LogP contribution in [-0.2, 0) is 10.2 Å². The highest BCUT2D eigenvalue weighted by Gasteiger charge is 2.12. The normalized spacial score (nSPS) is 12.4. The molecule has 6 nitrogen and oxygen atoms in total. The molecular weight excluding hydrogens is 254 g/mol. The SMILES string of the molecule is CCCNS(=O)(=O)Nc1ccccc1/C(C)=N/O. The third-order valence-corrected chi connectivity index (χ3v) is 3.33. The van der Waals surface area contributed by atoms with Crippen molar-refractivity contribution in [2.45, 2.75) is 20.3 Å². The second-order valence-electron chi connectivity index (χ2n) is 3.73. The number of benzene rings is 1. The predicted molar refractivity (Wildman–Crippen MR) is 71.3 cm³/mol. The van der Waals surface area contributed by atoms with Gasteiger partial charge in [0, 0.05) is 12.1 Å². The van der Waals surface area contributed by atoms with Gasteiger partial charge in [0.1, 0.15) is 0 Å². The zero-order chi connectivity index (χ0) is 13.6. The fourth-order valence-corrected chi connectivity index (χ4v) is 2.37. The van der Waals surface area contributed by atoms with Crippen LogP contribution in [0.4, 0.5) is 5.69 Å². The van der Waals surface area contributed by atoms with Crippen molar-refractivity contribution in [2.75, 3.05) is 11.3 Å². The van der Waals surface area contributed by atoms with E-state index in [2.05, 4.69) is 14.6 Å². The number of nitrogens with one attached hydrogen (secondary N) is 2. The Hall–Kier alpha value is -1.60. The number of nitrogens with zero attached hydrogens (tertiary/aromatic N) is 1. The molecule has 3 N–H and O–H groups in total. The van der Waals surface area contributed by atoms with Crippen LogP contribution in [0.1, 0.15) is 25.8 Å². The highest BCUT2D eigenvalue weighted by atomic mass is 32.2. The van der Waals surface area contributed by atoms with Gasteiger partial charge in [-0.25, -0.2) is 0 Å². The van der Waals surface area contributed by atoms with Crippen molar-refractivity contribution in [2.24, 2.45) is 5.16 Å². The van der Waals surface area contributed by atoms with Crippen LogP contribution in [-0.4, -0.2) is 25.9 Å². The van der Waals surface area contributed by atoms with E-state index in [-0.39, 0.29) is 0 Å². The molecule has 0 saturated carbocycles. The van der Waals surface area contributed by atoms with Gasteiger partial charge >= 0.3 is 0 Å². The van der Waals surface area contributed by atoms with E-state index in [0.717, 1.165) is 0 Å². The quantitative estimate of drug-likeness (QED) is 0.416. The van der Waals surface area contributed by atoms with Crippen molar-refractivity contribution in [1.29, 1.82) is 0 Å². The summed E-state index contributed by atoms with van der Waals surface area (Å²) in [4.78, 5) is 0. The lowest BCUT2D eigenvalue weighted by molar-refractivity contribution is 0.319. The highest BCUT2D eigenvalue weighted by molar-refractivity contribution is 7.90. The van der Waals surface area contributed by atoms with E-state index < -0.39 is 10.2 Å². The second-order valence-corrected chi connectivity index (χ2v) is 5.23. The van der Waals surface area contributed by atoms with Crippen molar-refractivity contribution >= 4 is 21.6 Å². The van der Waals surface area contributed by atoms with E-state index in [1.165, 1.54) is 0 Å². The van der Waals surface area contributed by atoms with Crippen molar-refractivity contribution in [3.8, 4) is 0 Å². The van der Waals surface area contributed by atoms with Gasteiger partial charge in [0.05, 0.1) is 11.4 Å². The molecule has 18 heavy (non-hydrogen) atoms. The lowest BCUT2D eigenvalue weighted by atomic mass is 10.1. The number of hydrogen-bond donors (Lipinski definition) is 3. The first-order chi connectivity index (χ1) is 8.50. The van der Waals surface area contributed by atoms with E-state index in [9.17, 15) is 8.42 Å². The number of rotatable bonds is 6. The molecule has 0 amide bonds. The van der Waals surface area contributed by atoms with Gasteiger partial charge in [0.25, 0.3) is 10.2 Å². The number of oxime groups is 1. The number of para-hydroxylation sites is 1. The maximum Gasteiger partial charge on any atom is 0.299 e. The molecule has 1 rings (SSSR count). The third kappa shape index (κ3) is 4.01. The molecule has 0 aromatic heterocycles. The van der Waals surface area contributed by atoms with Gasteiger partial charge in [-0.05, 0) is 19.4 Å². The van der Waals surface area contributed by atoms with E-state index in [0.29, 0.717) is 29.9 Å². The van der Waals surface area contributed by atoms with Gasteiger partial charge < -0.3 is 5.21 Å². The van der Waals surface area contributed by atoms with Crippen LogP contribution in [0.15, 0.2) is 29.4 Å². The third-order valence-electron chi connectivity index (χ3n) is 2.25. The summed E-state index contributed by atoms with van der Waals surface area (Å²) in [5, 5.41) is 11.8. The summed E-state index contributed by atoms with van der Waals surface area (Å²) in [6.45, 7) is 3.83. The average molecular weight is 271 g/mol. The summed E-state index contributed by atoms with van der Waals surface area (Å²) in [6, 6.07) is 6.72. The molecule has 0 aliphatic heterocycles. The first-order valence-corrected chi connectivity index (χ1v) is 7.04. The van der Waals surface area contributed by atoms with Crippen LogP contribution in [0.5, 0.6) is 0 Å². The van der Waals surface area contributed by atoms with E-state index >= 15 is 0 Å². The lowest BCUT2D eigenvalue weighted by Gasteiger charge is -2.12. The summed E-state index contributed by atoms with van der Waals surface area (Å²) in [7, 11) is -3.60.